The number of hydrogen-bond acceptors (Lipinski definition) is 4. The normalized spacial score (nSPS) is 12.8. The highest BCUT2D eigenvalue weighted by atomic mass is 16.5. The van der Waals surface area contributed by atoms with Crippen molar-refractivity contribution in [2.75, 3.05) is 7.05 Å². The van der Waals surface area contributed by atoms with E-state index in [4.69, 9.17) is 4.74 Å². The number of imidazole rings is 1. The Kier molecular flexibility index (Phi) is 4.30. The summed E-state index contributed by atoms with van der Waals surface area (Å²) in [6.45, 7) is 3.67. The Hall–Kier alpha value is -1.36. The van der Waals surface area contributed by atoms with Crippen molar-refractivity contribution in [2.45, 2.75) is 32.4 Å². The highest BCUT2D eigenvalue weighted by Gasteiger charge is 2.19. The van der Waals surface area contributed by atoms with Crippen LogP contribution in [0.1, 0.15) is 19.5 Å². The fourth-order valence-electron chi connectivity index (χ4n) is 1.23. The van der Waals surface area contributed by atoms with Gasteiger partial charge in [-0.25, -0.2) is 4.98 Å². The number of H-pyrrole nitrogens is 1. The average Bonchev–Trinajstić information content (AvgIpc) is 2.65. The molecule has 1 heterocycles. The number of hydrogen-bond donors (Lipinski definition) is 2. The van der Waals surface area contributed by atoms with Crippen molar-refractivity contribution in [3.05, 3.63) is 18.2 Å². The minimum atomic E-state index is -0.326. The fourth-order valence-corrected chi connectivity index (χ4v) is 1.23. The lowest BCUT2D eigenvalue weighted by atomic mass is 10.1. The van der Waals surface area contributed by atoms with Crippen LogP contribution in [0.25, 0.3) is 0 Å². The summed E-state index contributed by atoms with van der Waals surface area (Å²) in [7, 11) is 1.74. The molecule has 1 unspecified atom stereocenters. The number of ether oxygens (including phenoxy) is 1. The summed E-state index contributed by atoms with van der Waals surface area (Å²) in [5, 5.41) is 2.92. The monoisotopic (exact) mass is 211 g/mol. The Bertz CT molecular complexity index is 296. The topological polar surface area (TPSA) is 67.0 Å². The van der Waals surface area contributed by atoms with Gasteiger partial charge >= 0.3 is 5.97 Å². The molecule has 5 heteroatoms. The zero-order valence-electron chi connectivity index (χ0n) is 9.28. The highest BCUT2D eigenvalue weighted by Crippen LogP contribution is 2.01. The average molecular weight is 211 g/mol. The summed E-state index contributed by atoms with van der Waals surface area (Å²) < 4.78 is 5.12. The van der Waals surface area contributed by atoms with Crippen LogP contribution in [0.3, 0.4) is 0 Å². The Morgan fingerprint density at radius 3 is 2.87 bits per heavy atom. The summed E-state index contributed by atoms with van der Waals surface area (Å²) in [5.74, 6) is -0.234. The third-order valence-corrected chi connectivity index (χ3v) is 1.96. The van der Waals surface area contributed by atoms with Crippen LogP contribution in [0.4, 0.5) is 0 Å². The van der Waals surface area contributed by atoms with Gasteiger partial charge in [-0.2, -0.15) is 0 Å². The first-order valence-corrected chi connectivity index (χ1v) is 4.98. The van der Waals surface area contributed by atoms with Gasteiger partial charge in [0.25, 0.3) is 0 Å². The molecule has 15 heavy (non-hydrogen) atoms. The van der Waals surface area contributed by atoms with Crippen molar-refractivity contribution < 1.29 is 9.53 Å². The number of rotatable bonds is 5. The van der Waals surface area contributed by atoms with Gasteiger partial charge in [-0.05, 0) is 20.9 Å². The molecule has 5 nitrogen and oxygen atoms in total. The first-order chi connectivity index (χ1) is 7.13. The molecule has 0 aromatic carbocycles. The van der Waals surface area contributed by atoms with E-state index < -0.39 is 0 Å². The Morgan fingerprint density at radius 2 is 2.40 bits per heavy atom. The molecule has 84 valence electrons. The van der Waals surface area contributed by atoms with E-state index in [0.29, 0.717) is 6.42 Å². The molecular formula is C10H17N3O2. The van der Waals surface area contributed by atoms with E-state index in [1.54, 1.807) is 19.6 Å². The van der Waals surface area contributed by atoms with Crippen molar-refractivity contribution in [3.63, 3.8) is 0 Å². The molecule has 0 radical (unpaired) electrons. The van der Waals surface area contributed by atoms with Gasteiger partial charge in [0.15, 0.2) is 0 Å². The van der Waals surface area contributed by atoms with Gasteiger partial charge in [0.1, 0.15) is 6.04 Å². The summed E-state index contributed by atoms with van der Waals surface area (Å²) in [6, 6.07) is -0.326. The third-order valence-electron chi connectivity index (χ3n) is 1.96. The SMILES string of the molecule is CNC(Cc1cnc[nH]1)C(=O)OC(C)C. The molecular weight excluding hydrogens is 194 g/mol. The van der Waals surface area contributed by atoms with E-state index in [0.717, 1.165) is 5.69 Å². The Morgan fingerprint density at radius 1 is 1.67 bits per heavy atom. The van der Waals surface area contributed by atoms with E-state index in [2.05, 4.69) is 15.3 Å². The van der Waals surface area contributed by atoms with E-state index in [-0.39, 0.29) is 18.1 Å². The predicted octanol–water partition coefficient (Wildman–Crippen LogP) is 0.492. The molecule has 2 N–H and O–H groups in total. The van der Waals surface area contributed by atoms with Crippen molar-refractivity contribution in [3.8, 4) is 0 Å². The molecule has 0 saturated heterocycles. The van der Waals surface area contributed by atoms with Gasteiger partial charge in [0.05, 0.1) is 12.4 Å². The second kappa shape index (κ2) is 5.50. The van der Waals surface area contributed by atoms with Crippen LogP contribution < -0.4 is 5.32 Å². The molecule has 1 rings (SSSR count). The minimum Gasteiger partial charge on any atom is -0.462 e. The summed E-state index contributed by atoms with van der Waals surface area (Å²) >= 11 is 0. The van der Waals surface area contributed by atoms with Gasteiger partial charge < -0.3 is 15.0 Å². The van der Waals surface area contributed by atoms with E-state index in [1.807, 2.05) is 13.8 Å². The summed E-state index contributed by atoms with van der Waals surface area (Å²) in [5.41, 5.74) is 0.912. The fraction of sp³-hybridized carbons (Fsp3) is 0.600. The van der Waals surface area contributed by atoms with Gasteiger partial charge in [0, 0.05) is 18.3 Å². The Labute approximate surface area is 89.2 Å². The number of esters is 1. The van der Waals surface area contributed by atoms with Crippen LogP contribution in [0.15, 0.2) is 12.5 Å². The second-order valence-corrected chi connectivity index (χ2v) is 3.61. The maximum absolute atomic E-state index is 11.6. The minimum absolute atomic E-state index is 0.0879. The zero-order valence-corrected chi connectivity index (χ0v) is 9.28. The molecule has 1 atom stereocenters. The summed E-state index contributed by atoms with van der Waals surface area (Å²) in [4.78, 5) is 18.4. The van der Waals surface area contributed by atoms with Crippen molar-refractivity contribution >= 4 is 5.97 Å². The third kappa shape index (κ3) is 3.71. The molecule has 0 bridgehead atoms. The van der Waals surface area contributed by atoms with Gasteiger partial charge in [-0.3, -0.25) is 4.79 Å². The second-order valence-electron chi connectivity index (χ2n) is 3.61. The first kappa shape index (κ1) is 11.7. The van der Waals surface area contributed by atoms with Crippen molar-refractivity contribution in [1.82, 2.24) is 15.3 Å². The van der Waals surface area contributed by atoms with Gasteiger partial charge in [0.2, 0.25) is 0 Å². The predicted molar refractivity (Wildman–Crippen MR) is 56.4 cm³/mol. The number of nitrogens with zero attached hydrogens (tertiary/aromatic N) is 1. The molecule has 0 amide bonds. The number of aromatic amines is 1. The van der Waals surface area contributed by atoms with Crippen molar-refractivity contribution in [2.24, 2.45) is 0 Å². The highest BCUT2D eigenvalue weighted by molar-refractivity contribution is 5.76. The number of nitrogens with one attached hydrogen (secondary N) is 2. The van der Waals surface area contributed by atoms with Crippen LogP contribution in [0, 0.1) is 0 Å². The van der Waals surface area contributed by atoms with Crippen LogP contribution in [-0.4, -0.2) is 35.1 Å². The molecule has 1 aromatic heterocycles. The number of carbonyl (C=O) groups excluding carboxylic acids is 1. The quantitative estimate of drug-likeness (QED) is 0.696. The largest absolute Gasteiger partial charge is 0.462 e. The Balaban J connectivity index is 2.52. The number of carbonyl (C=O) groups is 1. The van der Waals surface area contributed by atoms with E-state index >= 15 is 0 Å². The van der Waals surface area contributed by atoms with Crippen molar-refractivity contribution in [1.29, 1.82) is 0 Å². The zero-order chi connectivity index (χ0) is 11.3. The molecule has 0 aliphatic heterocycles. The lowest BCUT2D eigenvalue weighted by Crippen LogP contribution is -2.38. The van der Waals surface area contributed by atoms with Crippen LogP contribution in [0.2, 0.25) is 0 Å². The first-order valence-electron chi connectivity index (χ1n) is 4.98. The smallest absolute Gasteiger partial charge is 0.323 e. The molecule has 0 saturated carbocycles. The molecule has 0 spiro atoms. The van der Waals surface area contributed by atoms with Gasteiger partial charge in [-0.15, -0.1) is 0 Å². The number of aromatic nitrogens is 2. The molecule has 0 aliphatic carbocycles. The molecule has 1 aromatic rings. The van der Waals surface area contributed by atoms with Crippen LogP contribution in [0.5, 0.6) is 0 Å². The van der Waals surface area contributed by atoms with Crippen LogP contribution in [-0.2, 0) is 16.0 Å². The van der Waals surface area contributed by atoms with Crippen LogP contribution >= 0.6 is 0 Å². The lowest BCUT2D eigenvalue weighted by Gasteiger charge is -2.16. The van der Waals surface area contributed by atoms with E-state index in [9.17, 15) is 4.79 Å². The molecule has 0 fully saturated rings. The summed E-state index contributed by atoms with van der Waals surface area (Å²) in [6.07, 6.45) is 3.76. The van der Waals surface area contributed by atoms with Gasteiger partial charge in [-0.1, -0.05) is 0 Å². The maximum atomic E-state index is 11.6. The maximum Gasteiger partial charge on any atom is 0.323 e. The molecule has 0 aliphatic rings. The lowest BCUT2D eigenvalue weighted by molar-refractivity contribution is -0.149. The standard InChI is InChI=1S/C10H17N3O2/c1-7(2)15-10(14)9(11-3)4-8-5-12-6-13-8/h5-7,9,11H,4H2,1-3H3,(H,12,13). The number of likely N-dealkylation sites (N-methyl/N-ethyl adjacent to an activating group) is 1. The van der Waals surface area contributed by atoms with E-state index in [1.165, 1.54) is 0 Å².